The molecule has 0 aliphatic heterocycles. The van der Waals surface area contributed by atoms with Gasteiger partial charge < -0.3 is 0 Å². The summed E-state index contributed by atoms with van der Waals surface area (Å²) in [6.45, 7) is 4.17. The number of halogens is 1. The van der Waals surface area contributed by atoms with Crippen molar-refractivity contribution in [2.24, 2.45) is 0 Å². The Hall–Kier alpha value is -3.63. The first-order valence-corrected chi connectivity index (χ1v) is 11.2. The molecular weight excluding hydrogens is 391 g/mol. The predicted octanol–water partition coefficient (Wildman–Crippen LogP) is 8.12. The van der Waals surface area contributed by atoms with Crippen molar-refractivity contribution in [2.45, 2.75) is 33.1 Å². The number of rotatable bonds is 5. The first-order valence-electron chi connectivity index (χ1n) is 11.2. The molecule has 32 heavy (non-hydrogen) atoms. The first kappa shape index (κ1) is 21.6. The van der Waals surface area contributed by atoms with Crippen molar-refractivity contribution in [3.8, 4) is 23.0 Å². The summed E-state index contributed by atoms with van der Waals surface area (Å²) in [4.78, 5) is 0. The lowest BCUT2D eigenvalue weighted by molar-refractivity contribution is 0.643. The van der Waals surface area contributed by atoms with Crippen LogP contribution in [-0.2, 0) is 12.8 Å². The van der Waals surface area contributed by atoms with Crippen LogP contribution in [0.1, 0.15) is 42.5 Å². The fraction of sp³-hybridized carbons (Fsp3) is 0.161. The molecule has 1 heteroatoms. The van der Waals surface area contributed by atoms with Crippen molar-refractivity contribution in [1.82, 2.24) is 0 Å². The van der Waals surface area contributed by atoms with Crippen LogP contribution in [0.2, 0.25) is 0 Å². The van der Waals surface area contributed by atoms with Gasteiger partial charge in [0.25, 0.3) is 0 Å². The van der Waals surface area contributed by atoms with E-state index in [0.29, 0.717) is 10.9 Å². The molecule has 0 atom stereocenters. The van der Waals surface area contributed by atoms with Gasteiger partial charge >= 0.3 is 0 Å². The third-order valence-electron chi connectivity index (χ3n) is 5.77. The lowest BCUT2D eigenvalue weighted by Gasteiger charge is -2.08. The van der Waals surface area contributed by atoms with Crippen LogP contribution in [-0.4, -0.2) is 0 Å². The van der Waals surface area contributed by atoms with E-state index in [1.807, 2.05) is 61.5 Å². The van der Waals surface area contributed by atoms with E-state index < -0.39 is 0 Å². The number of hydrogen-bond acceptors (Lipinski definition) is 0. The highest BCUT2D eigenvalue weighted by Gasteiger charge is 2.10. The fourth-order valence-corrected chi connectivity index (χ4v) is 3.83. The van der Waals surface area contributed by atoms with Gasteiger partial charge in [-0.05, 0) is 72.5 Å². The first-order chi connectivity index (χ1) is 15.7. The Morgan fingerprint density at radius 3 is 2.19 bits per heavy atom. The van der Waals surface area contributed by atoms with Gasteiger partial charge in [-0.2, -0.15) is 0 Å². The topological polar surface area (TPSA) is 0 Å². The van der Waals surface area contributed by atoms with E-state index in [0.717, 1.165) is 41.3 Å². The number of fused-ring (bicyclic) bond motifs is 1. The largest absolute Gasteiger partial charge is 0.206 e. The highest BCUT2D eigenvalue weighted by Crippen LogP contribution is 2.30. The van der Waals surface area contributed by atoms with Crippen LogP contribution in [0.4, 0.5) is 4.39 Å². The molecule has 0 aromatic heterocycles. The van der Waals surface area contributed by atoms with Crippen LogP contribution < -0.4 is 0 Å². The summed E-state index contributed by atoms with van der Waals surface area (Å²) in [5.41, 5.74) is 5.97. The lowest BCUT2D eigenvalue weighted by atomic mass is 9.97. The molecule has 0 radical (unpaired) electrons. The van der Waals surface area contributed by atoms with E-state index in [1.165, 1.54) is 11.1 Å². The second-order valence-electron chi connectivity index (χ2n) is 7.97. The van der Waals surface area contributed by atoms with Crippen molar-refractivity contribution in [1.29, 1.82) is 0 Å². The predicted molar refractivity (Wildman–Crippen MR) is 134 cm³/mol. The summed E-state index contributed by atoms with van der Waals surface area (Å²) in [6, 6.07) is 26.1. The quantitative estimate of drug-likeness (QED) is 0.227. The minimum atomic E-state index is -0.182. The molecule has 4 rings (SSSR count). The summed E-state index contributed by atoms with van der Waals surface area (Å²) in [5, 5.41) is 1.49. The van der Waals surface area contributed by atoms with Crippen molar-refractivity contribution in [3.05, 3.63) is 119 Å². The van der Waals surface area contributed by atoms with Crippen LogP contribution in [0.25, 0.3) is 21.9 Å². The number of aryl methyl sites for hydroxylation is 2. The van der Waals surface area contributed by atoms with E-state index in [2.05, 4.69) is 55.2 Å². The Kier molecular flexibility index (Phi) is 6.83. The molecule has 0 aliphatic carbocycles. The van der Waals surface area contributed by atoms with Gasteiger partial charge in [-0.25, -0.2) is 4.39 Å². The molecule has 0 saturated heterocycles. The summed E-state index contributed by atoms with van der Waals surface area (Å²) in [7, 11) is 0. The third-order valence-corrected chi connectivity index (χ3v) is 5.77. The van der Waals surface area contributed by atoms with Crippen LogP contribution in [0.15, 0.2) is 91.0 Å². The molecule has 0 fully saturated rings. The zero-order valence-corrected chi connectivity index (χ0v) is 18.7. The smallest absolute Gasteiger partial charge is 0.138 e. The molecule has 0 nitrogen and oxygen atoms in total. The maximum absolute atomic E-state index is 15.3. The van der Waals surface area contributed by atoms with E-state index in [4.69, 9.17) is 0 Å². The molecular formula is C31H27F. The summed E-state index contributed by atoms with van der Waals surface area (Å²) < 4.78 is 15.3. The molecule has 0 heterocycles. The van der Waals surface area contributed by atoms with Gasteiger partial charge in [0, 0.05) is 22.1 Å². The van der Waals surface area contributed by atoms with E-state index >= 15 is 4.39 Å². The molecule has 4 aromatic rings. The van der Waals surface area contributed by atoms with Gasteiger partial charge in [-0.15, -0.1) is 0 Å². The van der Waals surface area contributed by atoms with Gasteiger partial charge in [0.2, 0.25) is 0 Å². The number of hydrogen-bond donors (Lipinski definition) is 0. The van der Waals surface area contributed by atoms with Gasteiger partial charge in [0.15, 0.2) is 0 Å². The molecule has 0 bridgehead atoms. The van der Waals surface area contributed by atoms with Crippen molar-refractivity contribution in [2.75, 3.05) is 0 Å². The summed E-state index contributed by atoms with van der Waals surface area (Å²) in [6.07, 6.45) is 7.27. The van der Waals surface area contributed by atoms with Crippen molar-refractivity contribution >= 4 is 10.8 Å². The third kappa shape index (κ3) is 4.98. The second-order valence-corrected chi connectivity index (χ2v) is 7.97. The van der Waals surface area contributed by atoms with E-state index in [-0.39, 0.29) is 5.82 Å². The average Bonchev–Trinajstić information content (AvgIpc) is 2.84. The maximum atomic E-state index is 15.3. The molecule has 0 N–H and O–H groups in total. The Morgan fingerprint density at radius 1 is 0.781 bits per heavy atom. The normalized spacial score (nSPS) is 11.0. The SMILES string of the molecule is C/C=C/CCc1ccc(-c2ccc3cc(C#Cc4ccc(CC)cc4)ccc3c2F)cc1. The Morgan fingerprint density at radius 2 is 1.47 bits per heavy atom. The Bertz CT molecular complexity index is 1300. The summed E-state index contributed by atoms with van der Waals surface area (Å²) in [5.74, 6) is 6.23. The standard InChI is InChI=1S/C31H27F/c1-3-5-6-7-24-14-17-27(18-15-24)29-21-19-28-22-26(16-20-30(28)31(29)32)13-12-25-10-8-23(4-2)9-11-25/h3,5,8-11,14-22H,4,6-7H2,1-2H3/b5-3+. The minimum absolute atomic E-state index is 0.182. The van der Waals surface area contributed by atoms with Gasteiger partial charge in [-0.3, -0.25) is 0 Å². The number of allylic oxidation sites excluding steroid dienone is 2. The minimum Gasteiger partial charge on any atom is -0.206 e. The van der Waals surface area contributed by atoms with Crippen molar-refractivity contribution in [3.63, 3.8) is 0 Å². The molecule has 0 unspecified atom stereocenters. The lowest BCUT2D eigenvalue weighted by Crippen LogP contribution is -1.89. The van der Waals surface area contributed by atoms with Crippen molar-refractivity contribution < 1.29 is 4.39 Å². The molecule has 0 amide bonds. The van der Waals surface area contributed by atoms with E-state index in [9.17, 15) is 0 Å². The van der Waals surface area contributed by atoms with Crippen LogP contribution in [0, 0.1) is 17.7 Å². The monoisotopic (exact) mass is 418 g/mol. The molecule has 4 aromatic carbocycles. The number of benzene rings is 4. The fourth-order valence-electron chi connectivity index (χ4n) is 3.83. The van der Waals surface area contributed by atoms with E-state index in [1.54, 1.807) is 0 Å². The zero-order chi connectivity index (χ0) is 22.3. The molecule has 0 spiro atoms. The van der Waals surface area contributed by atoms with Crippen LogP contribution in [0.5, 0.6) is 0 Å². The highest BCUT2D eigenvalue weighted by atomic mass is 19.1. The second kappa shape index (κ2) is 10.1. The van der Waals surface area contributed by atoms with Gasteiger partial charge in [0.05, 0.1) is 0 Å². The molecule has 0 aliphatic rings. The molecule has 0 saturated carbocycles. The van der Waals surface area contributed by atoms with Crippen LogP contribution in [0.3, 0.4) is 0 Å². The van der Waals surface area contributed by atoms with Crippen LogP contribution >= 0.6 is 0 Å². The Balaban J connectivity index is 1.58. The zero-order valence-electron chi connectivity index (χ0n) is 18.7. The average molecular weight is 419 g/mol. The van der Waals surface area contributed by atoms with Gasteiger partial charge in [0.1, 0.15) is 5.82 Å². The highest BCUT2D eigenvalue weighted by molar-refractivity contribution is 5.89. The Labute approximate surface area is 190 Å². The summed E-state index contributed by atoms with van der Waals surface area (Å²) >= 11 is 0. The van der Waals surface area contributed by atoms with Gasteiger partial charge in [-0.1, -0.05) is 85.5 Å². The molecule has 158 valence electrons. The maximum Gasteiger partial charge on any atom is 0.138 e.